The highest BCUT2D eigenvalue weighted by Crippen LogP contribution is 2.12. The molecule has 0 aliphatic carbocycles. The summed E-state index contributed by atoms with van der Waals surface area (Å²) in [7, 11) is 0. The summed E-state index contributed by atoms with van der Waals surface area (Å²) in [6.07, 6.45) is 0. The standard InChI is InChI=1S/C9H11N3O/c1-6(13)7-2-4-8(5-3-7)12-9(10)11/h2-5H,1H3,(H4,10,11,12). The van der Waals surface area contributed by atoms with Crippen LogP contribution < -0.4 is 11.5 Å². The van der Waals surface area contributed by atoms with Gasteiger partial charge in [0.05, 0.1) is 5.69 Å². The van der Waals surface area contributed by atoms with Gasteiger partial charge in [0.15, 0.2) is 11.7 Å². The minimum absolute atomic E-state index is 0.00979. The summed E-state index contributed by atoms with van der Waals surface area (Å²) in [5.41, 5.74) is 11.7. The molecular weight excluding hydrogens is 166 g/mol. The smallest absolute Gasteiger partial charge is 0.191 e. The lowest BCUT2D eigenvalue weighted by Crippen LogP contribution is -2.21. The molecule has 4 N–H and O–H groups in total. The summed E-state index contributed by atoms with van der Waals surface area (Å²) in [5.74, 6) is 0.0341. The third-order valence-electron chi connectivity index (χ3n) is 1.53. The number of aliphatic imine (C=N–C) groups is 1. The van der Waals surface area contributed by atoms with Crippen molar-refractivity contribution >= 4 is 17.4 Å². The predicted octanol–water partition coefficient (Wildman–Crippen LogP) is 0.794. The fourth-order valence-corrected chi connectivity index (χ4v) is 0.920. The number of carbonyl (C=O) groups excluding carboxylic acids is 1. The van der Waals surface area contributed by atoms with Crippen LogP contribution in [0.15, 0.2) is 29.3 Å². The highest BCUT2D eigenvalue weighted by molar-refractivity contribution is 5.94. The van der Waals surface area contributed by atoms with Crippen molar-refractivity contribution in [3.8, 4) is 0 Å². The van der Waals surface area contributed by atoms with Crippen LogP contribution in [0.2, 0.25) is 0 Å². The van der Waals surface area contributed by atoms with Crippen LogP contribution >= 0.6 is 0 Å². The van der Waals surface area contributed by atoms with Gasteiger partial charge in [-0.2, -0.15) is 0 Å². The Bertz CT molecular complexity index is 336. The van der Waals surface area contributed by atoms with E-state index >= 15 is 0 Å². The van der Waals surface area contributed by atoms with Gasteiger partial charge in [-0.25, -0.2) is 4.99 Å². The molecule has 0 unspecified atom stereocenters. The second-order valence-electron chi connectivity index (χ2n) is 2.64. The van der Waals surface area contributed by atoms with Crippen LogP contribution in [0, 0.1) is 0 Å². The monoisotopic (exact) mass is 177 g/mol. The minimum atomic E-state index is 0.00979. The quantitative estimate of drug-likeness (QED) is 0.398. The van der Waals surface area contributed by atoms with Crippen LogP contribution in [-0.2, 0) is 0 Å². The van der Waals surface area contributed by atoms with Crippen LogP contribution in [0.1, 0.15) is 17.3 Å². The first-order valence-corrected chi connectivity index (χ1v) is 3.80. The van der Waals surface area contributed by atoms with Gasteiger partial charge < -0.3 is 11.5 Å². The number of nitrogens with two attached hydrogens (primary N) is 2. The molecule has 0 saturated heterocycles. The topological polar surface area (TPSA) is 81.5 Å². The number of benzene rings is 1. The van der Waals surface area contributed by atoms with Crippen LogP contribution in [0.3, 0.4) is 0 Å². The van der Waals surface area contributed by atoms with E-state index in [4.69, 9.17) is 11.5 Å². The average Bonchev–Trinajstić information content (AvgIpc) is 2.04. The Kier molecular flexibility index (Phi) is 2.64. The first kappa shape index (κ1) is 9.25. The number of hydrogen-bond donors (Lipinski definition) is 2. The zero-order valence-electron chi connectivity index (χ0n) is 7.32. The Labute approximate surface area is 76.3 Å². The maximum Gasteiger partial charge on any atom is 0.191 e. The van der Waals surface area contributed by atoms with Crippen LogP contribution in [-0.4, -0.2) is 11.7 Å². The van der Waals surface area contributed by atoms with Crippen molar-refractivity contribution in [2.45, 2.75) is 6.92 Å². The molecule has 4 nitrogen and oxygen atoms in total. The summed E-state index contributed by atoms with van der Waals surface area (Å²) in [6.45, 7) is 1.51. The molecular formula is C9H11N3O. The molecule has 0 aromatic heterocycles. The first-order chi connectivity index (χ1) is 6.09. The van der Waals surface area contributed by atoms with Gasteiger partial charge in [0.1, 0.15) is 0 Å². The van der Waals surface area contributed by atoms with Crippen LogP contribution in [0.4, 0.5) is 5.69 Å². The van der Waals surface area contributed by atoms with Gasteiger partial charge in [-0.1, -0.05) is 0 Å². The van der Waals surface area contributed by atoms with Gasteiger partial charge in [-0.15, -0.1) is 0 Å². The minimum Gasteiger partial charge on any atom is -0.370 e. The van der Waals surface area contributed by atoms with Gasteiger partial charge in [-0.05, 0) is 31.2 Å². The fourth-order valence-electron chi connectivity index (χ4n) is 0.920. The third-order valence-corrected chi connectivity index (χ3v) is 1.53. The van der Waals surface area contributed by atoms with Crippen molar-refractivity contribution in [3.63, 3.8) is 0 Å². The molecule has 0 amide bonds. The Morgan fingerprint density at radius 3 is 2.15 bits per heavy atom. The van der Waals surface area contributed by atoms with Crippen molar-refractivity contribution in [2.24, 2.45) is 16.5 Å². The number of rotatable bonds is 2. The van der Waals surface area contributed by atoms with E-state index in [0.29, 0.717) is 11.3 Å². The van der Waals surface area contributed by atoms with Crippen molar-refractivity contribution in [1.82, 2.24) is 0 Å². The van der Waals surface area contributed by atoms with Gasteiger partial charge in [0, 0.05) is 5.56 Å². The molecule has 0 aliphatic heterocycles. The Hall–Kier alpha value is -1.84. The number of guanidine groups is 1. The highest BCUT2D eigenvalue weighted by Gasteiger charge is 1.97. The Morgan fingerprint density at radius 2 is 1.77 bits per heavy atom. The lowest BCUT2D eigenvalue weighted by molar-refractivity contribution is 0.101. The normalized spacial score (nSPS) is 9.31. The fraction of sp³-hybridized carbons (Fsp3) is 0.111. The molecule has 0 saturated carbocycles. The van der Waals surface area contributed by atoms with E-state index in [1.807, 2.05) is 0 Å². The average molecular weight is 177 g/mol. The van der Waals surface area contributed by atoms with E-state index in [2.05, 4.69) is 4.99 Å². The molecule has 13 heavy (non-hydrogen) atoms. The highest BCUT2D eigenvalue weighted by atomic mass is 16.1. The van der Waals surface area contributed by atoms with Crippen molar-refractivity contribution in [2.75, 3.05) is 0 Å². The van der Waals surface area contributed by atoms with E-state index in [-0.39, 0.29) is 11.7 Å². The third kappa shape index (κ3) is 2.59. The maximum atomic E-state index is 10.9. The van der Waals surface area contributed by atoms with Gasteiger partial charge in [0.25, 0.3) is 0 Å². The molecule has 0 bridgehead atoms. The number of hydrogen-bond acceptors (Lipinski definition) is 2. The molecule has 0 spiro atoms. The van der Waals surface area contributed by atoms with Crippen molar-refractivity contribution < 1.29 is 4.79 Å². The first-order valence-electron chi connectivity index (χ1n) is 3.80. The lowest BCUT2D eigenvalue weighted by Gasteiger charge is -1.96. The van der Waals surface area contributed by atoms with E-state index in [9.17, 15) is 4.79 Å². The number of nitrogens with zero attached hydrogens (tertiary/aromatic N) is 1. The lowest BCUT2D eigenvalue weighted by atomic mass is 10.1. The number of Topliss-reactive ketones (excluding diaryl/α,β-unsaturated/α-hetero) is 1. The second kappa shape index (κ2) is 3.71. The van der Waals surface area contributed by atoms with Gasteiger partial charge in [0.2, 0.25) is 0 Å². The van der Waals surface area contributed by atoms with E-state index in [1.54, 1.807) is 24.3 Å². The SMILES string of the molecule is CC(=O)c1ccc(N=C(N)N)cc1. The van der Waals surface area contributed by atoms with Gasteiger partial charge in [-0.3, -0.25) is 4.79 Å². The summed E-state index contributed by atoms with van der Waals surface area (Å²) >= 11 is 0. The molecule has 4 heteroatoms. The summed E-state index contributed by atoms with van der Waals surface area (Å²) in [4.78, 5) is 14.7. The Balaban J connectivity index is 2.94. The van der Waals surface area contributed by atoms with E-state index in [1.165, 1.54) is 6.92 Å². The molecule has 0 atom stereocenters. The number of carbonyl (C=O) groups is 1. The largest absolute Gasteiger partial charge is 0.370 e. The molecule has 0 aliphatic rings. The zero-order valence-corrected chi connectivity index (χ0v) is 7.32. The maximum absolute atomic E-state index is 10.9. The summed E-state index contributed by atoms with van der Waals surface area (Å²) in [6, 6.07) is 6.75. The molecule has 0 fully saturated rings. The summed E-state index contributed by atoms with van der Waals surface area (Å²) in [5, 5.41) is 0. The zero-order chi connectivity index (χ0) is 9.84. The molecule has 0 heterocycles. The summed E-state index contributed by atoms with van der Waals surface area (Å²) < 4.78 is 0. The molecule has 68 valence electrons. The second-order valence-corrected chi connectivity index (χ2v) is 2.64. The van der Waals surface area contributed by atoms with Crippen LogP contribution in [0.5, 0.6) is 0 Å². The Morgan fingerprint density at radius 1 is 1.23 bits per heavy atom. The van der Waals surface area contributed by atoms with E-state index < -0.39 is 0 Å². The molecule has 0 radical (unpaired) electrons. The molecule has 1 aromatic carbocycles. The van der Waals surface area contributed by atoms with Crippen molar-refractivity contribution in [3.05, 3.63) is 29.8 Å². The predicted molar refractivity (Wildman–Crippen MR) is 51.9 cm³/mol. The van der Waals surface area contributed by atoms with Crippen LogP contribution in [0.25, 0.3) is 0 Å². The number of ketones is 1. The van der Waals surface area contributed by atoms with E-state index in [0.717, 1.165) is 0 Å². The van der Waals surface area contributed by atoms with Crippen molar-refractivity contribution in [1.29, 1.82) is 0 Å². The molecule has 1 rings (SSSR count). The van der Waals surface area contributed by atoms with Gasteiger partial charge >= 0.3 is 0 Å². The molecule has 1 aromatic rings.